The molecule has 0 N–H and O–H groups in total. The molecular formula is C11H10ClNO3. The predicted molar refractivity (Wildman–Crippen MR) is 59.4 cm³/mol. The van der Waals surface area contributed by atoms with Gasteiger partial charge in [0.25, 0.3) is 0 Å². The molecule has 0 aliphatic heterocycles. The zero-order chi connectivity index (χ0) is 11.5. The van der Waals surface area contributed by atoms with Crippen LogP contribution in [-0.4, -0.2) is 17.6 Å². The minimum atomic E-state index is -0.299. The number of fused-ring (bicyclic) bond motifs is 1. The SMILES string of the molecule is CCOC(=O)Cc1coc2ccc(Cl)nc12. The number of hydrogen-bond donors (Lipinski definition) is 0. The van der Waals surface area contributed by atoms with Crippen LogP contribution >= 0.6 is 11.6 Å². The number of nitrogens with zero attached hydrogens (tertiary/aromatic N) is 1. The van der Waals surface area contributed by atoms with Crippen LogP contribution in [-0.2, 0) is 16.0 Å². The van der Waals surface area contributed by atoms with Crippen LogP contribution in [0.25, 0.3) is 11.1 Å². The van der Waals surface area contributed by atoms with Gasteiger partial charge in [-0.2, -0.15) is 0 Å². The number of aromatic nitrogens is 1. The third kappa shape index (κ3) is 2.17. The minimum Gasteiger partial charge on any atom is -0.466 e. The number of esters is 1. The lowest BCUT2D eigenvalue weighted by Gasteiger charge is -1.99. The minimum absolute atomic E-state index is 0.147. The Labute approximate surface area is 97.2 Å². The molecule has 2 heterocycles. The second-order valence-electron chi connectivity index (χ2n) is 3.22. The third-order valence-electron chi connectivity index (χ3n) is 2.10. The molecule has 0 saturated carbocycles. The monoisotopic (exact) mass is 239 g/mol. The van der Waals surface area contributed by atoms with Crippen molar-refractivity contribution in [2.75, 3.05) is 6.61 Å². The van der Waals surface area contributed by atoms with Crippen molar-refractivity contribution in [3.63, 3.8) is 0 Å². The van der Waals surface area contributed by atoms with Crippen LogP contribution in [0.1, 0.15) is 12.5 Å². The summed E-state index contributed by atoms with van der Waals surface area (Å²) in [6.45, 7) is 2.13. The lowest BCUT2D eigenvalue weighted by molar-refractivity contribution is -0.142. The Kier molecular flexibility index (Phi) is 3.10. The zero-order valence-electron chi connectivity index (χ0n) is 8.70. The van der Waals surface area contributed by atoms with E-state index < -0.39 is 0 Å². The Hall–Kier alpha value is -1.55. The van der Waals surface area contributed by atoms with Gasteiger partial charge in [0.15, 0.2) is 5.58 Å². The summed E-state index contributed by atoms with van der Waals surface area (Å²) in [7, 11) is 0. The lowest BCUT2D eigenvalue weighted by atomic mass is 10.2. The van der Waals surface area contributed by atoms with Gasteiger partial charge in [-0.25, -0.2) is 4.98 Å². The van der Waals surface area contributed by atoms with E-state index in [2.05, 4.69) is 4.98 Å². The van der Waals surface area contributed by atoms with Gasteiger partial charge >= 0.3 is 5.97 Å². The van der Waals surface area contributed by atoms with Crippen molar-refractivity contribution >= 4 is 28.7 Å². The van der Waals surface area contributed by atoms with Gasteiger partial charge in [-0.3, -0.25) is 4.79 Å². The number of carbonyl (C=O) groups is 1. The van der Waals surface area contributed by atoms with Gasteiger partial charge < -0.3 is 9.15 Å². The maximum absolute atomic E-state index is 11.3. The Morgan fingerprint density at radius 2 is 2.38 bits per heavy atom. The molecule has 0 spiro atoms. The highest BCUT2D eigenvalue weighted by Crippen LogP contribution is 2.21. The second kappa shape index (κ2) is 4.53. The second-order valence-corrected chi connectivity index (χ2v) is 3.61. The summed E-state index contributed by atoms with van der Waals surface area (Å²) in [5.41, 5.74) is 1.92. The first-order chi connectivity index (χ1) is 7.70. The lowest BCUT2D eigenvalue weighted by Crippen LogP contribution is -2.07. The van der Waals surface area contributed by atoms with E-state index in [4.69, 9.17) is 20.8 Å². The standard InChI is InChI=1S/C11H10ClNO3/c1-2-15-10(14)5-7-6-16-8-3-4-9(12)13-11(7)8/h3-4,6H,2,5H2,1H3. The highest BCUT2D eigenvalue weighted by atomic mass is 35.5. The molecule has 2 aromatic heterocycles. The van der Waals surface area contributed by atoms with Gasteiger partial charge in [0.05, 0.1) is 19.3 Å². The van der Waals surface area contributed by atoms with E-state index in [-0.39, 0.29) is 12.4 Å². The predicted octanol–water partition coefficient (Wildman–Crippen LogP) is 2.59. The fourth-order valence-electron chi connectivity index (χ4n) is 1.43. The van der Waals surface area contributed by atoms with E-state index in [1.807, 2.05) is 0 Å². The number of ether oxygens (including phenoxy) is 1. The Morgan fingerprint density at radius 3 is 3.12 bits per heavy atom. The summed E-state index contributed by atoms with van der Waals surface area (Å²) >= 11 is 5.78. The molecule has 0 aliphatic carbocycles. The number of rotatable bonds is 3. The number of halogens is 1. The molecule has 0 atom stereocenters. The molecule has 0 amide bonds. The van der Waals surface area contributed by atoms with Crippen molar-refractivity contribution in [2.45, 2.75) is 13.3 Å². The average Bonchev–Trinajstić information content (AvgIpc) is 2.61. The highest BCUT2D eigenvalue weighted by Gasteiger charge is 2.12. The van der Waals surface area contributed by atoms with Crippen molar-refractivity contribution in [1.29, 1.82) is 0 Å². The van der Waals surface area contributed by atoms with Crippen molar-refractivity contribution in [1.82, 2.24) is 4.98 Å². The summed E-state index contributed by atoms with van der Waals surface area (Å²) in [6, 6.07) is 3.36. The first-order valence-electron chi connectivity index (χ1n) is 4.89. The molecular weight excluding hydrogens is 230 g/mol. The molecule has 5 heteroatoms. The van der Waals surface area contributed by atoms with Crippen molar-refractivity contribution in [3.8, 4) is 0 Å². The molecule has 0 aromatic carbocycles. The molecule has 0 unspecified atom stereocenters. The first-order valence-corrected chi connectivity index (χ1v) is 5.26. The Balaban J connectivity index is 2.30. The van der Waals surface area contributed by atoms with Crippen molar-refractivity contribution < 1.29 is 13.9 Å². The fraction of sp³-hybridized carbons (Fsp3) is 0.273. The van der Waals surface area contributed by atoms with E-state index in [9.17, 15) is 4.79 Å². The van der Waals surface area contributed by atoms with Crippen LogP contribution < -0.4 is 0 Å². The Morgan fingerprint density at radius 1 is 1.56 bits per heavy atom. The van der Waals surface area contributed by atoms with Crippen molar-refractivity contribution in [2.24, 2.45) is 0 Å². The molecule has 2 rings (SSSR count). The van der Waals surface area contributed by atoms with E-state index >= 15 is 0 Å². The van der Waals surface area contributed by atoms with Gasteiger partial charge in [-0.05, 0) is 19.1 Å². The number of carbonyl (C=O) groups excluding carboxylic acids is 1. The molecule has 4 nitrogen and oxygen atoms in total. The third-order valence-corrected chi connectivity index (χ3v) is 2.31. The van der Waals surface area contributed by atoms with Crippen LogP contribution in [0.4, 0.5) is 0 Å². The normalized spacial score (nSPS) is 10.6. The maximum atomic E-state index is 11.3. The summed E-state index contributed by atoms with van der Waals surface area (Å²) in [4.78, 5) is 15.4. The van der Waals surface area contributed by atoms with Gasteiger partial charge in [0.1, 0.15) is 10.7 Å². The van der Waals surface area contributed by atoms with Gasteiger partial charge in [-0.15, -0.1) is 0 Å². The summed E-state index contributed by atoms with van der Waals surface area (Å²) < 4.78 is 10.1. The van der Waals surface area contributed by atoms with Crippen LogP contribution in [0.3, 0.4) is 0 Å². The molecule has 0 radical (unpaired) electrons. The summed E-state index contributed by atoms with van der Waals surface area (Å²) in [6.07, 6.45) is 1.65. The van der Waals surface area contributed by atoms with Crippen LogP contribution in [0, 0.1) is 0 Å². The summed E-state index contributed by atoms with van der Waals surface area (Å²) in [5, 5.41) is 0.374. The van der Waals surface area contributed by atoms with E-state index in [0.29, 0.717) is 28.4 Å². The Bertz CT molecular complexity index is 521. The van der Waals surface area contributed by atoms with Gasteiger partial charge in [0, 0.05) is 5.56 Å². The van der Waals surface area contributed by atoms with E-state index in [1.165, 1.54) is 6.26 Å². The molecule has 0 fully saturated rings. The highest BCUT2D eigenvalue weighted by molar-refractivity contribution is 6.29. The van der Waals surface area contributed by atoms with Crippen molar-refractivity contribution in [3.05, 3.63) is 29.1 Å². The average molecular weight is 240 g/mol. The fourth-order valence-corrected chi connectivity index (χ4v) is 1.58. The van der Waals surface area contributed by atoms with E-state index in [1.54, 1.807) is 19.1 Å². The van der Waals surface area contributed by atoms with Gasteiger partial charge in [0.2, 0.25) is 0 Å². The molecule has 2 aromatic rings. The molecule has 0 saturated heterocycles. The molecule has 84 valence electrons. The molecule has 0 aliphatic rings. The molecule has 0 bridgehead atoms. The summed E-state index contributed by atoms with van der Waals surface area (Å²) in [5.74, 6) is -0.299. The number of hydrogen-bond acceptors (Lipinski definition) is 4. The quantitative estimate of drug-likeness (QED) is 0.610. The largest absolute Gasteiger partial charge is 0.466 e. The number of furan rings is 1. The smallest absolute Gasteiger partial charge is 0.310 e. The van der Waals surface area contributed by atoms with Gasteiger partial charge in [-0.1, -0.05) is 11.6 Å². The van der Waals surface area contributed by atoms with E-state index in [0.717, 1.165) is 0 Å². The maximum Gasteiger partial charge on any atom is 0.310 e. The van der Waals surface area contributed by atoms with Crippen LogP contribution in [0.5, 0.6) is 0 Å². The zero-order valence-corrected chi connectivity index (χ0v) is 9.45. The topological polar surface area (TPSA) is 52.3 Å². The first kappa shape index (κ1) is 11.0. The van der Waals surface area contributed by atoms with Crippen LogP contribution in [0.15, 0.2) is 22.8 Å². The molecule has 16 heavy (non-hydrogen) atoms. The number of pyridine rings is 1. The van der Waals surface area contributed by atoms with Crippen LogP contribution in [0.2, 0.25) is 5.15 Å².